The molecule has 2 heteroatoms. The van der Waals surface area contributed by atoms with E-state index in [4.69, 9.17) is 4.74 Å². The van der Waals surface area contributed by atoms with Crippen molar-refractivity contribution >= 4 is 0 Å². The smallest absolute Gasteiger partial charge is 0.127 e. The molecule has 0 saturated carbocycles. The summed E-state index contributed by atoms with van der Waals surface area (Å²) in [5.41, 5.74) is 4.19. The van der Waals surface area contributed by atoms with E-state index in [1.165, 1.54) is 43.2 Å². The van der Waals surface area contributed by atoms with Crippen molar-refractivity contribution in [2.75, 3.05) is 6.61 Å². The maximum atomic E-state index is 10.5. The number of hydrogen-bond donors (Lipinski definition) is 1. The number of unbranched alkanes of at least 4 members (excludes halogenated alkanes) is 5. The summed E-state index contributed by atoms with van der Waals surface area (Å²) in [5, 5.41) is 10.5. The van der Waals surface area contributed by atoms with Crippen LogP contribution in [-0.2, 0) is 0 Å². The number of rotatable bonds is 10. The topological polar surface area (TPSA) is 29.5 Å². The van der Waals surface area contributed by atoms with E-state index < -0.39 is 0 Å². The standard InChI is InChI=1S/C26H30O2/c1-2-3-4-5-6-10-19-28-24-17-18-25(26(27)20-24)23-15-13-22(14-16-23)21-11-8-7-9-12-21/h7-9,11-18,20,27H,2-6,10,19H2,1H3. The zero-order valence-electron chi connectivity index (χ0n) is 16.7. The first-order chi connectivity index (χ1) is 13.8. The van der Waals surface area contributed by atoms with E-state index in [2.05, 4.69) is 31.2 Å². The van der Waals surface area contributed by atoms with Crippen LogP contribution in [0.5, 0.6) is 11.5 Å². The lowest BCUT2D eigenvalue weighted by Gasteiger charge is -2.10. The summed E-state index contributed by atoms with van der Waals surface area (Å²) in [6.45, 7) is 2.94. The van der Waals surface area contributed by atoms with Crippen LogP contribution in [0.2, 0.25) is 0 Å². The molecule has 3 rings (SSSR count). The van der Waals surface area contributed by atoms with Crippen LogP contribution in [0.4, 0.5) is 0 Å². The Bertz CT molecular complexity index is 838. The highest BCUT2D eigenvalue weighted by molar-refractivity contribution is 5.74. The Morgan fingerprint density at radius 1 is 0.679 bits per heavy atom. The van der Waals surface area contributed by atoms with Crippen molar-refractivity contribution in [3.8, 4) is 33.8 Å². The summed E-state index contributed by atoms with van der Waals surface area (Å²) >= 11 is 0. The van der Waals surface area contributed by atoms with Gasteiger partial charge in [0.05, 0.1) is 6.61 Å². The number of phenolic OH excluding ortho intramolecular Hbond substituents is 1. The third kappa shape index (κ3) is 5.63. The number of benzene rings is 3. The van der Waals surface area contributed by atoms with E-state index in [1.54, 1.807) is 6.07 Å². The molecule has 0 amide bonds. The molecule has 2 nitrogen and oxygen atoms in total. The average Bonchev–Trinajstić information content (AvgIpc) is 2.74. The lowest BCUT2D eigenvalue weighted by Crippen LogP contribution is -1.97. The molecule has 0 saturated heterocycles. The fourth-order valence-electron chi connectivity index (χ4n) is 3.39. The van der Waals surface area contributed by atoms with Gasteiger partial charge in [-0.15, -0.1) is 0 Å². The van der Waals surface area contributed by atoms with Crippen LogP contribution in [-0.4, -0.2) is 11.7 Å². The van der Waals surface area contributed by atoms with Crippen LogP contribution in [0.25, 0.3) is 22.3 Å². The number of aromatic hydroxyl groups is 1. The molecule has 0 atom stereocenters. The molecule has 0 bridgehead atoms. The van der Waals surface area contributed by atoms with E-state index in [1.807, 2.05) is 42.5 Å². The van der Waals surface area contributed by atoms with Gasteiger partial charge in [0.2, 0.25) is 0 Å². The predicted octanol–water partition coefficient (Wildman–Crippen LogP) is 7.47. The summed E-state index contributed by atoms with van der Waals surface area (Å²) in [5.74, 6) is 0.989. The van der Waals surface area contributed by atoms with Crippen molar-refractivity contribution in [2.45, 2.75) is 45.4 Å². The van der Waals surface area contributed by atoms with Gasteiger partial charge in [0, 0.05) is 11.6 Å². The Hall–Kier alpha value is -2.74. The van der Waals surface area contributed by atoms with Crippen LogP contribution < -0.4 is 4.74 Å². The van der Waals surface area contributed by atoms with Crippen LogP contribution >= 0.6 is 0 Å². The van der Waals surface area contributed by atoms with Gasteiger partial charge in [-0.1, -0.05) is 93.6 Å². The lowest BCUT2D eigenvalue weighted by molar-refractivity contribution is 0.303. The van der Waals surface area contributed by atoms with Crippen molar-refractivity contribution in [2.24, 2.45) is 0 Å². The van der Waals surface area contributed by atoms with E-state index in [9.17, 15) is 5.11 Å². The summed E-state index contributed by atoms with van der Waals surface area (Å²) in [7, 11) is 0. The van der Waals surface area contributed by atoms with Crippen molar-refractivity contribution in [1.29, 1.82) is 0 Å². The number of phenols is 1. The lowest BCUT2D eigenvalue weighted by atomic mass is 10.00. The second-order valence-corrected chi connectivity index (χ2v) is 7.24. The molecule has 0 aliphatic heterocycles. The van der Waals surface area contributed by atoms with Gasteiger partial charge in [0.25, 0.3) is 0 Å². The Balaban J connectivity index is 1.56. The molecule has 1 N–H and O–H groups in total. The van der Waals surface area contributed by atoms with Crippen LogP contribution in [0, 0.1) is 0 Å². The van der Waals surface area contributed by atoms with Gasteiger partial charge in [-0.3, -0.25) is 0 Å². The molecule has 0 radical (unpaired) electrons. The first-order valence-electron chi connectivity index (χ1n) is 10.4. The molecular weight excluding hydrogens is 344 g/mol. The fraction of sp³-hybridized carbons (Fsp3) is 0.308. The number of ether oxygens (including phenoxy) is 1. The van der Waals surface area contributed by atoms with Gasteiger partial charge in [-0.05, 0) is 35.2 Å². The quantitative estimate of drug-likeness (QED) is 0.373. The van der Waals surface area contributed by atoms with Crippen LogP contribution in [0.3, 0.4) is 0 Å². The molecule has 0 heterocycles. The average molecular weight is 375 g/mol. The largest absolute Gasteiger partial charge is 0.507 e. The molecule has 0 aliphatic rings. The van der Waals surface area contributed by atoms with Gasteiger partial charge in [-0.25, -0.2) is 0 Å². The minimum atomic E-state index is 0.257. The maximum absolute atomic E-state index is 10.5. The van der Waals surface area contributed by atoms with E-state index >= 15 is 0 Å². The van der Waals surface area contributed by atoms with Gasteiger partial charge in [-0.2, -0.15) is 0 Å². The first-order valence-corrected chi connectivity index (χ1v) is 10.4. The highest BCUT2D eigenvalue weighted by Gasteiger charge is 2.07. The monoisotopic (exact) mass is 374 g/mol. The fourth-order valence-corrected chi connectivity index (χ4v) is 3.39. The summed E-state index contributed by atoms with van der Waals surface area (Å²) in [4.78, 5) is 0. The maximum Gasteiger partial charge on any atom is 0.127 e. The second kappa shape index (κ2) is 10.6. The molecule has 0 aromatic heterocycles. The molecule has 0 unspecified atom stereocenters. The normalized spacial score (nSPS) is 10.8. The van der Waals surface area contributed by atoms with Crippen molar-refractivity contribution in [3.63, 3.8) is 0 Å². The summed E-state index contributed by atoms with van der Waals surface area (Å²) in [6, 6.07) is 24.2. The Labute approximate surface area is 168 Å². The number of hydrogen-bond acceptors (Lipinski definition) is 2. The SMILES string of the molecule is CCCCCCCCOc1ccc(-c2ccc(-c3ccccc3)cc2)c(O)c1. The van der Waals surface area contributed by atoms with Gasteiger partial charge < -0.3 is 9.84 Å². The van der Waals surface area contributed by atoms with E-state index in [0.29, 0.717) is 6.61 Å². The summed E-state index contributed by atoms with van der Waals surface area (Å²) in [6.07, 6.45) is 7.46. The second-order valence-electron chi connectivity index (χ2n) is 7.24. The van der Waals surface area contributed by atoms with E-state index in [-0.39, 0.29) is 5.75 Å². The third-order valence-electron chi connectivity index (χ3n) is 5.04. The van der Waals surface area contributed by atoms with Crippen LogP contribution in [0.15, 0.2) is 72.8 Å². The minimum absolute atomic E-state index is 0.257. The zero-order chi connectivity index (χ0) is 19.6. The molecule has 146 valence electrons. The van der Waals surface area contributed by atoms with Gasteiger partial charge >= 0.3 is 0 Å². The van der Waals surface area contributed by atoms with Gasteiger partial charge in [0.15, 0.2) is 0 Å². The first kappa shape index (κ1) is 20.0. The highest BCUT2D eigenvalue weighted by atomic mass is 16.5. The Morgan fingerprint density at radius 3 is 2.04 bits per heavy atom. The molecule has 0 spiro atoms. The van der Waals surface area contributed by atoms with Crippen molar-refractivity contribution in [3.05, 3.63) is 72.8 Å². The minimum Gasteiger partial charge on any atom is -0.507 e. The van der Waals surface area contributed by atoms with Crippen LogP contribution in [0.1, 0.15) is 45.4 Å². The van der Waals surface area contributed by atoms with Gasteiger partial charge in [0.1, 0.15) is 11.5 Å². The van der Waals surface area contributed by atoms with Crippen molar-refractivity contribution in [1.82, 2.24) is 0 Å². The highest BCUT2D eigenvalue weighted by Crippen LogP contribution is 2.33. The molecule has 0 aliphatic carbocycles. The predicted molar refractivity (Wildman–Crippen MR) is 118 cm³/mol. The molecule has 3 aromatic carbocycles. The Kier molecular flexibility index (Phi) is 7.54. The molecule has 3 aromatic rings. The third-order valence-corrected chi connectivity index (χ3v) is 5.04. The Morgan fingerprint density at radius 2 is 1.32 bits per heavy atom. The van der Waals surface area contributed by atoms with E-state index in [0.717, 1.165) is 23.3 Å². The zero-order valence-corrected chi connectivity index (χ0v) is 16.7. The molecule has 0 fully saturated rings. The molecular formula is C26H30O2. The molecule has 28 heavy (non-hydrogen) atoms. The summed E-state index contributed by atoms with van der Waals surface area (Å²) < 4.78 is 5.80. The van der Waals surface area contributed by atoms with Crippen molar-refractivity contribution < 1.29 is 9.84 Å².